The number of allylic oxidation sites excluding steroid dienone is 1. The van der Waals surface area contributed by atoms with Gasteiger partial charge in [0.15, 0.2) is 0 Å². The Morgan fingerprint density at radius 2 is 1.63 bits per heavy atom. The normalized spacial score (nSPS) is 21.8. The zero-order chi connectivity index (χ0) is 25.0. The van der Waals surface area contributed by atoms with E-state index >= 15 is 0 Å². The van der Waals surface area contributed by atoms with E-state index in [0.29, 0.717) is 16.3 Å². The number of esters is 2. The van der Waals surface area contributed by atoms with Gasteiger partial charge in [-0.1, -0.05) is 60.7 Å². The predicted molar refractivity (Wildman–Crippen MR) is 137 cm³/mol. The van der Waals surface area contributed by atoms with Crippen molar-refractivity contribution in [3.63, 3.8) is 0 Å². The third-order valence-corrected chi connectivity index (χ3v) is 7.31. The van der Waals surface area contributed by atoms with Crippen molar-refractivity contribution >= 4 is 23.3 Å². The molecule has 2 aromatic carbocycles. The van der Waals surface area contributed by atoms with Gasteiger partial charge in [-0.3, -0.25) is 4.79 Å². The Labute approximate surface area is 210 Å². The van der Waals surface area contributed by atoms with Gasteiger partial charge in [-0.15, -0.1) is 11.3 Å². The lowest BCUT2D eigenvalue weighted by molar-refractivity contribution is -0.152. The van der Waals surface area contributed by atoms with E-state index in [1.54, 1.807) is 13.8 Å². The smallest absolute Gasteiger partial charge is 0.336 e. The standard InChI is InChI=1S/C28H30N2O4S/c1-5-33-26(31)22-18(3)30-28(4,20-15-11-8-12-16-20)24(27(32)34-6-2)23(22)25-29-21(17-35-25)19-13-9-7-10-14-19/h7-17,23-24,30H,5-6H2,1-4H3. The summed E-state index contributed by atoms with van der Waals surface area (Å²) in [5, 5.41) is 6.12. The van der Waals surface area contributed by atoms with Crippen molar-refractivity contribution in [3.8, 4) is 11.3 Å². The molecule has 1 aromatic heterocycles. The van der Waals surface area contributed by atoms with Crippen LogP contribution in [-0.4, -0.2) is 30.1 Å². The molecule has 0 saturated heterocycles. The third-order valence-electron chi connectivity index (χ3n) is 6.38. The zero-order valence-electron chi connectivity index (χ0n) is 20.4. The molecule has 3 atom stereocenters. The highest BCUT2D eigenvalue weighted by atomic mass is 32.1. The van der Waals surface area contributed by atoms with Crippen molar-refractivity contribution in [3.05, 3.63) is 87.9 Å². The fourth-order valence-electron chi connectivity index (χ4n) is 4.83. The maximum Gasteiger partial charge on any atom is 0.336 e. The maximum atomic E-state index is 13.6. The molecule has 1 aliphatic heterocycles. The number of aromatic nitrogens is 1. The summed E-state index contributed by atoms with van der Waals surface area (Å²) in [6, 6.07) is 19.6. The zero-order valence-corrected chi connectivity index (χ0v) is 21.2. The van der Waals surface area contributed by atoms with Crippen LogP contribution in [0.15, 0.2) is 77.3 Å². The Hall–Kier alpha value is -3.45. The molecule has 1 aliphatic rings. The van der Waals surface area contributed by atoms with Crippen molar-refractivity contribution in [2.24, 2.45) is 5.92 Å². The van der Waals surface area contributed by atoms with Gasteiger partial charge in [-0.2, -0.15) is 0 Å². The number of rotatable bonds is 7. The number of benzene rings is 2. The number of thiazole rings is 1. The van der Waals surface area contributed by atoms with Crippen LogP contribution >= 0.6 is 11.3 Å². The predicted octanol–water partition coefficient (Wildman–Crippen LogP) is 5.43. The Kier molecular flexibility index (Phi) is 7.36. The van der Waals surface area contributed by atoms with Crippen LogP contribution in [0.4, 0.5) is 0 Å². The molecule has 0 saturated carbocycles. The highest BCUT2D eigenvalue weighted by Crippen LogP contribution is 2.49. The first-order chi connectivity index (χ1) is 16.9. The number of nitrogens with zero attached hydrogens (tertiary/aromatic N) is 1. The quantitative estimate of drug-likeness (QED) is 0.445. The topological polar surface area (TPSA) is 77.5 Å². The summed E-state index contributed by atoms with van der Waals surface area (Å²) in [4.78, 5) is 31.8. The molecule has 1 N–H and O–H groups in total. The molecule has 0 spiro atoms. The largest absolute Gasteiger partial charge is 0.466 e. The lowest BCUT2D eigenvalue weighted by atomic mass is 9.67. The van der Waals surface area contributed by atoms with Crippen LogP contribution in [0.2, 0.25) is 0 Å². The fourth-order valence-corrected chi connectivity index (χ4v) is 5.81. The van der Waals surface area contributed by atoms with Crippen LogP contribution < -0.4 is 5.32 Å². The number of hydrogen-bond acceptors (Lipinski definition) is 7. The van der Waals surface area contributed by atoms with E-state index < -0.39 is 23.3 Å². The van der Waals surface area contributed by atoms with E-state index in [-0.39, 0.29) is 19.2 Å². The van der Waals surface area contributed by atoms with Crippen LogP contribution in [-0.2, 0) is 24.6 Å². The molecule has 0 fully saturated rings. The van der Waals surface area contributed by atoms with Crippen molar-refractivity contribution in [2.75, 3.05) is 13.2 Å². The molecule has 3 aromatic rings. The third kappa shape index (κ3) is 4.73. The van der Waals surface area contributed by atoms with Gasteiger partial charge >= 0.3 is 11.9 Å². The van der Waals surface area contributed by atoms with Gasteiger partial charge in [0.2, 0.25) is 0 Å². The lowest BCUT2D eigenvalue weighted by Crippen LogP contribution is -2.55. The first kappa shape index (κ1) is 24.7. The van der Waals surface area contributed by atoms with Crippen molar-refractivity contribution in [1.29, 1.82) is 0 Å². The van der Waals surface area contributed by atoms with Gasteiger partial charge in [-0.05, 0) is 33.3 Å². The fraction of sp³-hybridized carbons (Fsp3) is 0.321. The average molecular weight is 491 g/mol. The Morgan fingerprint density at radius 1 is 1.00 bits per heavy atom. The Bertz CT molecular complexity index is 1220. The number of carbonyl (C=O) groups excluding carboxylic acids is 2. The molecule has 35 heavy (non-hydrogen) atoms. The monoisotopic (exact) mass is 490 g/mol. The molecular weight excluding hydrogens is 460 g/mol. The van der Waals surface area contributed by atoms with E-state index in [1.165, 1.54) is 11.3 Å². The van der Waals surface area contributed by atoms with Crippen LogP contribution in [0.3, 0.4) is 0 Å². The lowest BCUT2D eigenvalue weighted by Gasteiger charge is -2.46. The van der Waals surface area contributed by atoms with E-state index in [9.17, 15) is 9.59 Å². The first-order valence-corrected chi connectivity index (χ1v) is 12.7. The number of carbonyl (C=O) groups is 2. The van der Waals surface area contributed by atoms with Gasteiger partial charge in [0.25, 0.3) is 0 Å². The number of hydrogen-bond donors (Lipinski definition) is 1. The minimum atomic E-state index is -0.836. The second kappa shape index (κ2) is 10.4. The van der Waals surface area contributed by atoms with Gasteiger partial charge in [0.1, 0.15) is 5.01 Å². The summed E-state index contributed by atoms with van der Waals surface area (Å²) in [6.45, 7) is 7.86. The van der Waals surface area contributed by atoms with Crippen molar-refractivity contribution in [1.82, 2.24) is 10.3 Å². The van der Waals surface area contributed by atoms with Crippen LogP contribution in [0.25, 0.3) is 11.3 Å². The number of ether oxygens (including phenoxy) is 2. The Balaban J connectivity index is 1.93. The van der Waals surface area contributed by atoms with Crippen LogP contribution in [0, 0.1) is 5.92 Å². The molecule has 4 rings (SSSR count). The summed E-state index contributed by atoms with van der Waals surface area (Å²) in [5.41, 5.74) is 2.93. The van der Waals surface area contributed by atoms with E-state index in [2.05, 4.69) is 5.32 Å². The molecule has 0 aliphatic carbocycles. The molecule has 182 valence electrons. The van der Waals surface area contributed by atoms with Crippen molar-refractivity contribution in [2.45, 2.75) is 39.2 Å². The highest BCUT2D eigenvalue weighted by Gasteiger charge is 2.54. The van der Waals surface area contributed by atoms with Gasteiger partial charge in [0, 0.05) is 16.6 Å². The molecule has 3 unspecified atom stereocenters. The van der Waals surface area contributed by atoms with E-state index in [4.69, 9.17) is 14.5 Å². The van der Waals surface area contributed by atoms with E-state index in [0.717, 1.165) is 16.8 Å². The molecule has 2 heterocycles. The molecule has 7 heteroatoms. The minimum Gasteiger partial charge on any atom is -0.466 e. The molecular formula is C28H30N2O4S. The SMILES string of the molecule is CCOC(=O)C1=C(C)NC(C)(c2ccccc2)C(C(=O)OCC)C1c1nc(-c2ccccc2)cs1. The first-order valence-electron chi connectivity index (χ1n) is 11.8. The summed E-state index contributed by atoms with van der Waals surface area (Å²) in [5.74, 6) is -2.23. The highest BCUT2D eigenvalue weighted by molar-refractivity contribution is 7.10. The molecule has 0 amide bonds. The molecule has 6 nitrogen and oxygen atoms in total. The van der Waals surface area contributed by atoms with Crippen LogP contribution in [0.5, 0.6) is 0 Å². The minimum absolute atomic E-state index is 0.232. The van der Waals surface area contributed by atoms with Gasteiger partial charge in [-0.25, -0.2) is 9.78 Å². The summed E-state index contributed by atoms with van der Waals surface area (Å²) in [6.07, 6.45) is 0. The Morgan fingerprint density at radius 3 is 2.26 bits per heavy atom. The second-order valence-electron chi connectivity index (χ2n) is 8.60. The number of nitrogens with one attached hydrogen (secondary N) is 1. The summed E-state index contributed by atoms with van der Waals surface area (Å²) >= 11 is 1.44. The maximum absolute atomic E-state index is 13.6. The molecule has 0 radical (unpaired) electrons. The molecule has 0 bridgehead atoms. The average Bonchev–Trinajstić information content (AvgIpc) is 3.35. The second-order valence-corrected chi connectivity index (χ2v) is 9.49. The van der Waals surface area contributed by atoms with Crippen LogP contribution in [0.1, 0.15) is 44.2 Å². The van der Waals surface area contributed by atoms with Gasteiger partial charge in [0.05, 0.1) is 41.9 Å². The van der Waals surface area contributed by atoms with Crippen molar-refractivity contribution < 1.29 is 19.1 Å². The van der Waals surface area contributed by atoms with Gasteiger partial charge < -0.3 is 14.8 Å². The summed E-state index contributed by atoms with van der Waals surface area (Å²) < 4.78 is 11.0. The van der Waals surface area contributed by atoms with E-state index in [1.807, 2.05) is 79.9 Å². The summed E-state index contributed by atoms with van der Waals surface area (Å²) in [7, 11) is 0.